The summed E-state index contributed by atoms with van der Waals surface area (Å²) in [6.45, 7) is 0.509. The molecule has 0 spiro atoms. The van der Waals surface area contributed by atoms with Crippen LogP contribution in [0.15, 0.2) is 84.9 Å². The number of hydrogen-bond donors (Lipinski definition) is 1. The average molecular weight is 383 g/mol. The van der Waals surface area contributed by atoms with Crippen molar-refractivity contribution in [2.24, 2.45) is 0 Å². The summed E-state index contributed by atoms with van der Waals surface area (Å²) in [5, 5.41) is 3.31. The third kappa shape index (κ3) is 5.30. The number of nitrogens with one attached hydrogen (secondary N) is 1. The molecule has 3 rings (SSSR count). The fraction of sp³-hybridized carbons (Fsp3) is 0.174. The number of ketones is 1. The van der Waals surface area contributed by atoms with Crippen LogP contribution in [0.25, 0.3) is 0 Å². The van der Waals surface area contributed by atoms with E-state index in [-0.39, 0.29) is 12.2 Å². The van der Waals surface area contributed by atoms with E-state index in [0.717, 1.165) is 17.7 Å². The highest BCUT2D eigenvalue weighted by atomic mass is 19.4. The third-order valence-corrected chi connectivity index (χ3v) is 4.52. The van der Waals surface area contributed by atoms with Crippen molar-refractivity contribution in [3.8, 4) is 0 Å². The van der Waals surface area contributed by atoms with Crippen molar-refractivity contribution in [3.63, 3.8) is 0 Å². The van der Waals surface area contributed by atoms with E-state index in [9.17, 15) is 18.0 Å². The lowest BCUT2D eigenvalue weighted by molar-refractivity contribution is -0.137. The van der Waals surface area contributed by atoms with Gasteiger partial charge in [0.25, 0.3) is 0 Å². The van der Waals surface area contributed by atoms with Gasteiger partial charge in [-0.15, -0.1) is 0 Å². The van der Waals surface area contributed by atoms with Crippen LogP contribution < -0.4 is 5.32 Å². The molecule has 0 aliphatic rings. The standard InChI is InChI=1S/C23H20F3NO/c24-23(25,26)20-13-11-18(12-14-20)21(27-16-17-7-3-1-4-8-17)15-22(28)19-9-5-2-6-10-19/h1-14,21,27H,15-16H2. The van der Waals surface area contributed by atoms with E-state index < -0.39 is 17.8 Å². The average Bonchev–Trinajstić information content (AvgIpc) is 2.72. The van der Waals surface area contributed by atoms with Crippen molar-refractivity contribution >= 4 is 5.78 Å². The van der Waals surface area contributed by atoms with E-state index in [1.165, 1.54) is 12.1 Å². The van der Waals surface area contributed by atoms with Crippen molar-refractivity contribution in [2.45, 2.75) is 25.2 Å². The fourth-order valence-electron chi connectivity index (χ4n) is 2.98. The van der Waals surface area contributed by atoms with E-state index in [1.807, 2.05) is 36.4 Å². The Morgan fingerprint density at radius 2 is 1.39 bits per heavy atom. The Morgan fingerprint density at radius 3 is 1.96 bits per heavy atom. The van der Waals surface area contributed by atoms with Gasteiger partial charge in [0.15, 0.2) is 5.78 Å². The van der Waals surface area contributed by atoms with E-state index >= 15 is 0 Å². The van der Waals surface area contributed by atoms with Crippen LogP contribution in [0.5, 0.6) is 0 Å². The van der Waals surface area contributed by atoms with Gasteiger partial charge in [0, 0.05) is 24.6 Å². The Morgan fingerprint density at radius 1 is 0.821 bits per heavy atom. The number of Topliss-reactive ketones (excluding diaryl/α,β-unsaturated/α-hetero) is 1. The predicted octanol–water partition coefficient (Wildman–Crippen LogP) is 5.81. The molecule has 0 radical (unpaired) electrons. The topological polar surface area (TPSA) is 29.1 Å². The van der Waals surface area contributed by atoms with Gasteiger partial charge < -0.3 is 5.32 Å². The zero-order valence-corrected chi connectivity index (χ0v) is 15.1. The van der Waals surface area contributed by atoms with Crippen LogP contribution in [-0.4, -0.2) is 5.78 Å². The molecule has 0 bridgehead atoms. The molecule has 28 heavy (non-hydrogen) atoms. The molecule has 0 saturated carbocycles. The van der Waals surface area contributed by atoms with Crippen LogP contribution in [0.4, 0.5) is 13.2 Å². The second-order valence-electron chi connectivity index (χ2n) is 6.53. The normalized spacial score (nSPS) is 12.5. The monoisotopic (exact) mass is 383 g/mol. The van der Waals surface area contributed by atoms with Crippen molar-refractivity contribution in [1.82, 2.24) is 5.32 Å². The number of carbonyl (C=O) groups excluding carboxylic acids is 1. The highest BCUT2D eigenvalue weighted by molar-refractivity contribution is 5.96. The predicted molar refractivity (Wildman–Crippen MR) is 103 cm³/mol. The van der Waals surface area contributed by atoms with E-state index in [4.69, 9.17) is 0 Å². The molecule has 1 atom stereocenters. The first-order chi connectivity index (χ1) is 13.4. The second-order valence-corrected chi connectivity index (χ2v) is 6.53. The first kappa shape index (κ1) is 19.8. The van der Waals surface area contributed by atoms with Gasteiger partial charge in [-0.25, -0.2) is 0 Å². The Kier molecular flexibility index (Phi) is 6.26. The van der Waals surface area contributed by atoms with Crippen LogP contribution in [-0.2, 0) is 12.7 Å². The summed E-state index contributed by atoms with van der Waals surface area (Å²) in [6.07, 6.45) is -4.23. The molecule has 5 heteroatoms. The van der Waals surface area contributed by atoms with Crippen LogP contribution >= 0.6 is 0 Å². The van der Waals surface area contributed by atoms with Crippen molar-refractivity contribution in [1.29, 1.82) is 0 Å². The minimum atomic E-state index is -4.38. The third-order valence-electron chi connectivity index (χ3n) is 4.52. The molecule has 0 saturated heterocycles. The SMILES string of the molecule is O=C(CC(NCc1ccccc1)c1ccc(C(F)(F)F)cc1)c1ccccc1. The highest BCUT2D eigenvalue weighted by Crippen LogP contribution is 2.30. The number of halogens is 3. The molecule has 0 heterocycles. The van der Waals surface area contributed by atoms with E-state index in [2.05, 4.69) is 5.32 Å². The van der Waals surface area contributed by atoms with Gasteiger partial charge >= 0.3 is 6.18 Å². The molecule has 1 unspecified atom stereocenters. The molecular weight excluding hydrogens is 363 g/mol. The molecule has 3 aromatic rings. The maximum Gasteiger partial charge on any atom is 0.416 e. The molecule has 144 valence electrons. The van der Waals surface area contributed by atoms with E-state index in [1.54, 1.807) is 24.3 Å². The maximum absolute atomic E-state index is 12.9. The van der Waals surface area contributed by atoms with Crippen LogP contribution in [0.1, 0.15) is 39.5 Å². The minimum Gasteiger partial charge on any atom is -0.305 e. The summed E-state index contributed by atoms with van der Waals surface area (Å²) >= 11 is 0. The van der Waals surface area contributed by atoms with Crippen LogP contribution in [0.3, 0.4) is 0 Å². The number of carbonyl (C=O) groups is 1. The Hall–Kier alpha value is -2.92. The highest BCUT2D eigenvalue weighted by Gasteiger charge is 2.30. The zero-order chi connectivity index (χ0) is 20.0. The lowest BCUT2D eigenvalue weighted by Gasteiger charge is -2.20. The number of hydrogen-bond acceptors (Lipinski definition) is 2. The smallest absolute Gasteiger partial charge is 0.305 e. The fourth-order valence-corrected chi connectivity index (χ4v) is 2.98. The van der Waals surface area contributed by atoms with Gasteiger partial charge in [-0.1, -0.05) is 72.8 Å². The number of rotatable bonds is 7. The van der Waals surface area contributed by atoms with Crippen LogP contribution in [0.2, 0.25) is 0 Å². The van der Waals surface area contributed by atoms with Gasteiger partial charge in [-0.2, -0.15) is 13.2 Å². The molecule has 3 aromatic carbocycles. The summed E-state index contributed by atoms with van der Waals surface area (Å²) in [6, 6.07) is 23.1. The molecule has 0 aromatic heterocycles. The Bertz CT molecular complexity index is 891. The largest absolute Gasteiger partial charge is 0.416 e. The van der Waals surface area contributed by atoms with E-state index in [0.29, 0.717) is 17.7 Å². The van der Waals surface area contributed by atoms with Crippen molar-refractivity contribution in [2.75, 3.05) is 0 Å². The quantitative estimate of drug-likeness (QED) is 0.522. The zero-order valence-electron chi connectivity index (χ0n) is 15.1. The molecule has 1 N–H and O–H groups in total. The van der Waals surface area contributed by atoms with Gasteiger partial charge in [0.05, 0.1) is 5.56 Å². The van der Waals surface area contributed by atoms with Gasteiger partial charge in [-0.05, 0) is 23.3 Å². The number of benzene rings is 3. The van der Waals surface area contributed by atoms with Crippen molar-refractivity contribution < 1.29 is 18.0 Å². The van der Waals surface area contributed by atoms with Crippen molar-refractivity contribution in [3.05, 3.63) is 107 Å². The molecule has 0 fully saturated rings. The second kappa shape index (κ2) is 8.85. The van der Waals surface area contributed by atoms with Gasteiger partial charge in [0.1, 0.15) is 0 Å². The van der Waals surface area contributed by atoms with Gasteiger partial charge in [0.2, 0.25) is 0 Å². The molecule has 0 aliphatic heterocycles. The molecule has 2 nitrogen and oxygen atoms in total. The summed E-state index contributed by atoms with van der Waals surface area (Å²) in [7, 11) is 0. The van der Waals surface area contributed by atoms with Crippen LogP contribution in [0, 0.1) is 0 Å². The van der Waals surface area contributed by atoms with Gasteiger partial charge in [-0.3, -0.25) is 4.79 Å². The first-order valence-electron chi connectivity index (χ1n) is 8.96. The Labute approximate surface area is 162 Å². The molecule has 0 aliphatic carbocycles. The minimum absolute atomic E-state index is 0.0638. The molecule has 0 amide bonds. The maximum atomic E-state index is 12.9. The summed E-state index contributed by atoms with van der Waals surface area (Å²) in [4.78, 5) is 12.6. The lowest BCUT2D eigenvalue weighted by atomic mass is 9.96. The molecular formula is C23H20F3NO. The Balaban J connectivity index is 1.80. The summed E-state index contributed by atoms with van der Waals surface area (Å²) in [5.41, 5.74) is 1.56. The number of alkyl halides is 3. The summed E-state index contributed by atoms with van der Waals surface area (Å²) in [5.74, 6) is -0.0638. The summed E-state index contributed by atoms with van der Waals surface area (Å²) < 4.78 is 38.6. The first-order valence-corrected chi connectivity index (χ1v) is 8.96. The lowest BCUT2D eigenvalue weighted by Crippen LogP contribution is -2.24.